The molecular formula is C21H27F3N2O5. The van der Waals surface area contributed by atoms with E-state index in [-0.39, 0.29) is 29.4 Å². The Bertz CT molecular complexity index is 878. The molecule has 4 aliphatic rings. The van der Waals surface area contributed by atoms with Gasteiger partial charge in [0.25, 0.3) is 0 Å². The molecule has 3 aliphatic heterocycles. The van der Waals surface area contributed by atoms with Crippen LogP contribution in [0.5, 0.6) is 0 Å². The van der Waals surface area contributed by atoms with Gasteiger partial charge in [-0.1, -0.05) is 6.92 Å². The van der Waals surface area contributed by atoms with Gasteiger partial charge in [0, 0.05) is 19.5 Å². The zero-order chi connectivity index (χ0) is 22.5. The van der Waals surface area contributed by atoms with Crippen LogP contribution in [-0.4, -0.2) is 81.5 Å². The highest BCUT2D eigenvalue weighted by Crippen LogP contribution is 2.48. The van der Waals surface area contributed by atoms with E-state index >= 15 is 0 Å². The number of halogens is 3. The van der Waals surface area contributed by atoms with Crippen molar-refractivity contribution in [3.8, 4) is 0 Å². The number of hydrogen-bond acceptors (Lipinski definition) is 7. The number of hydrazine groups is 1. The molecule has 0 saturated carbocycles. The van der Waals surface area contributed by atoms with Gasteiger partial charge in [-0.2, -0.15) is 13.2 Å². The predicted molar refractivity (Wildman–Crippen MR) is 103 cm³/mol. The molecule has 1 aliphatic carbocycles. The van der Waals surface area contributed by atoms with Crippen LogP contribution in [0.25, 0.3) is 5.70 Å². The van der Waals surface area contributed by atoms with Crippen molar-refractivity contribution in [3.05, 3.63) is 28.7 Å². The highest BCUT2D eigenvalue weighted by Gasteiger charge is 2.46. The molecule has 0 amide bonds. The van der Waals surface area contributed by atoms with Crippen molar-refractivity contribution in [1.82, 2.24) is 10.0 Å². The molecule has 5 rings (SSSR count). The van der Waals surface area contributed by atoms with Gasteiger partial charge in [-0.3, -0.25) is 0 Å². The maximum absolute atomic E-state index is 14.0. The Kier molecular flexibility index (Phi) is 5.43. The first-order valence-electron chi connectivity index (χ1n) is 11.2. The number of alkyl halides is 3. The van der Waals surface area contributed by atoms with Gasteiger partial charge in [-0.05, 0) is 11.5 Å². The molecule has 0 aromatic carbocycles. The van der Waals surface area contributed by atoms with Crippen LogP contribution in [-0.2, 0) is 31.5 Å². The maximum atomic E-state index is 14.0. The summed E-state index contributed by atoms with van der Waals surface area (Å²) in [7, 11) is 0. The van der Waals surface area contributed by atoms with E-state index in [1.54, 1.807) is 0 Å². The summed E-state index contributed by atoms with van der Waals surface area (Å²) in [5, 5.41) is 3.88. The minimum absolute atomic E-state index is 0.00404. The van der Waals surface area contributed by atoms with Gasteiger partial charge in [-0.15, -0.1) is 0 Å². The van der Waals surface area contributed by atoms with Gasteiger partial charge in [0.05, 0.1) is 69.7 Å². The summed E-state index contributed by atoms with van der Waals surface area (Å²) in [4.78, 5) is 0. The zero-order valence-electron chi connectivity index (χ0n) is 18.4. The molecule has 4 heterocycles. The van der Waals surface area contributed by atoms with Gasteiger partial charge < -0.3 is 28.4 Å². The van der Waals surface area contributed by atoms with Gasteiger partial charge in [0.1, 0.15) is 18.9 Å². The number of ether oxygens (including phenoxy) is 4. The Hall–Kier alpha value is -1.59. The fourth-order valence-corrected chi connectivity index (χ4v) is 4.77. The Labute approximate surface area is 180 Å². The van der Waals surface area contributed by atoms with Crippen molar-refractivity contribution < 1.29 is 37.9 Å². The second-order valence-corrected chi connectivity index (χ2v) is 8.42. The molecule has 1 aromatic rings. The number of hydrogen-bond donors (Lipinski definition) is 0. The lowest BCUT2D eigenvalue weighted by molar-refractivity contribution is -0.138. The third-order valence-electron chi connectivity index (χ3n) is 6.23. The molecule has 0 bridgehead atoms. The third-order valence-corrected chi connectivity index (χ3v) is 6.23. The standard InChI is InChI=1S/C21H27F3N2O5/c1-13-6-18-19(17(12-31-18)21(22,23)24)20-16(13)9-25(7-14-10-27-2-4-29-14)26(20)8-15-11-28-3-5-30-15/h12-15H,2-11H2,1H3/t13?,14-,15+/m0/s1/i12D. The lowest BCUT2D eigenvalue weighted by atomic mass is 9.85. The van der Waals surface area contributed by atoms with E-state index in [1.807, 2.05) is 16.9 Å². The monoisotopic (exact) mass is 445 g/mol. The van der Waals surface area contributed by atoms with Crippen LogP contribution in [0.2, 0.25) is 0 Å². The minimum atomic E-state index is -4.68. The first-order chi connectivity index (χ1) is 15.3. The third kappa shape index (κ3) is 4.11. The lowest BCUT2D eigenvalue weighted by Gasteiger charge is -2.38. The number of rotatable bonds is 4. The van der Waals surface area contributed by atoms with E-state index in [0.717, 1.165) is 5.57 Å². The molecule has 1 unspecified atom stereocenters. The molecule has 1 aromatic heterocycles. The summed E-state index contributed by atoms with van der Waals surface area (Å²) in [5.74, 6) is 0.210. The van der Waals surface area contributed by atoms with E-state index in [1.165, 1.54) is 0 Å². The van der Waals surface area contributed by atoms with Crippen LogP contribution in [0.15, 0.2) is 16.2 Å². The summed E-state index contributed by atoms with van der Waals surface area (Å²) in [5.41, 5.74) is 0.393. The summed E-state index contributed by atoms with van der Waals surface area (Å²) in [6.07, 6.45) is -5.63. The quantitative estimate of drug-likeness (QED) is 0.706. The predicted octanol–water partition coefficient (Wildman–Crippen LogP) is 2.57. The smallest absolute Gasteiger partial charge is 0.420 e. The van der Waals surface area contributed by atoms with Gasteiger partial charge in [-0.25, -0.2) is 5.01 Å². The molecule has 2 fully saturated rings. The molecular weight excluding hydrogens is 417 g/mol. The van der Waals surface area contributed by atoms with Crippen LogP contribution < -0.4 is 0 Å². The molecule has 31 heavy (non-hydrogen) atoms. The number of fused-ring (bicyclic) bond motifs is 2. The van der Waals surface area contributed by atoms with Gasteiger partial charge in [0.2, 0.25) is 0 Å². The minimum Gasteiger partial charge on any atom is -0.468 e. The highest BCUT2D eigenvalue weighted by molar-refractivity contribution is 5.75. The van der Waals surface area contributed by atoms with Crippen molar-refractivity contribution >= 4 is 5.70 Å². The molecule has 2 saturated heterocycles. The van der Waals surface area contributed by atoms with Crippen molar-refractivity contribution in [2.24, 2.45) is 5.92 Å². The fourth-order valence-electron chi connectivity index (χ4n) is 4.77. The summed E-state index contributed by atoms with van der Waals surface area (Å²) < 4.78 is 77.8. The van der Waals surface area contributed by atoms with E-state index in [9.17, 15) is 13.2 Å². The van der Waals surface area contributed by atoms with Gasteiger partial charge >= 0.3 is 6.18 Å². The van der Waals surface area contributed by atoms with Crippen molar-refractivity contribution in [1.29, 1.82) is 0 Å². The molecule has 10 heteroatoms. The first kappa shape index (κ1) is 20.0. The van der Waals surface area contributed by atoms with Crippen LogP contribution in [0.3, 0.4) is 0 Å². The molecule has 172 valence electrons. The normalized spacial score (nSPS) is 30.4. The second-order valence-electron chi connectivity index (χ2n) is 8.42. The summed E-state index contributed by atoms with van der Waals surface area (Å²) in [6.45, 7) is 6.09. The average molecular weight is 445 g/mol. The maximum Gasteiger partial charge on any atom is 0.420 e. The molecule has 7 nitrogen and oxygen atoms in total. The zero-order valence-corrected chi connectivity index (χ0v) is 17.4. The molecule has 0 spiro atoms. The number of furan rings is 1. The van der Waals surface area contributed by atoms with Gasteiger partial charge in [0.15, 0.2) is 0 Å². The summed E-state index contributed by atoms with van der Waals surface area (Å²) >= 11 is 0. The Morgan fingerprint density at radius 1 is 1.06 bits per heavy atom. The van der Waals surface area contributed by atoms with Crippen LogP contribution in [0.1, 0.15) is 25.2 Å². The lowest BCUT2D eigenvalue weighted by Crippen LogP contribution is -2.49. The van der Waals surface area contributed by atoms with Crippen LogP contribution in [0, 0.1) is 5.92 Å². The van der Waals surface area contributed by atoms with E-state index in [4.69, 9.17) is 24.7 Å². The highest BCUT2D eigenvalue weighted by atomic mass is 19.4. The summed E-state index contributed by atoms with van der Waals surface area (Å²) in [6, 6.07) is 0. The van der Waals surface area contributed by atoms with Crippen molar-refractivity contribution in [3.63, 3.8) is 0 Å². The first-order valence-corrected chi connectivity index (χ1v) is 10.7. The van der Waals surface area contributed by atoms with E-state index < -0.39 is 18.0 Å². The van der Waals surface area contributed by atoms with E-state index in [0.29, 0.717) is 71.4 Å². The second kappa shape index (κ2) is 8.40. The van der Waals surface area contributed by atoms with Crippen LogP contribution >= 0.6 is 0 Å². The Balaban J connectivity index is 1.53. The molecule has 0 radical (unpaired) electrons. The van der Waals surface area contributed by atoms with Crippen LogP contribution in [0.4, 0.5) is 13.2 Å². The Morgan fingerprint density at radius 2 is 1.74 bits per heavy atom. The van der Waals surface area contributed by atoms with E-state index in [2.05, 4.69) is 0 Å². The topological polar surface area (TPSA) is 56.5 Å². The SMILES string of the molecule is [2H]c1oc2c(c1C(F)(F)F)C1=C(CN(C[C@H]3COCCO3)N1C[C@@H]1COCCO1)C(C)C2. The molecule has 3 atom stereocenters. The van der Waals surface area contributed by atoms with Crippen molar-refractivity contribution in [2.75, 3.05) is 59.3 Å². The molecule has 0 N–H and O–H groups in total. The average Bonchev–Trinajstić information content (AvgIpc) is 3.27. The van der Waals surface area contributed by atoms with Crippen molar-refractivity contribution in [2.45, 2.75) is 31.7 Å². The Morgan fingerprint density at radius 3 is 2.35 bits per heavy atom. The largest absolute Gasteiger partial charge is 0.468 e. The fraction of sp³-hybridized carbons (Fsp3) is 0.714. The number of nitrogens with zero attached hydrogens (tertiary/aromatic N) is 2.